The quantitative estimate of drug-likeness (QED) is 0.769. The normalized spacial score (nSPS) is 11.8. The number of amides is 2. The lowest BCUT2D eigenvalue weighted by Gasteiger charge is -2.10. The Bertz CT molecular complexity index is 672. The highest BCUT2D eigenvalue weighted by Gasteiger charge is 2.13. The molecular weight excluding hydrogens is 324 g/mol. The van der Waals surface area contributed by atoms with Crippen LogP contribution in [-0.4, -0.2) is 28.1 Å². The van der Waals surface area contributed by atoms with Gasteiger partial charge < -0.3 is 10.6 Å². The first kappa shape index (κ1) is 18.1. The van der Waals surface area contributed by atoms with Gasteiger partial charge in [0.15, 0.2) is 0 Å². The lowest BCUT2D eigenvalue weighted by Crippen LogP contribution is -2.31. The van der Waals surface area contributed by atoms with Crippen LogP contribution < -0.4 is 10.6 Å². The summed E-state index contributed by atoms with van der Waals surface area (Å²) in [6, 6.07) is 9.42. The van der Waals surface area contributed by atoms with Crippen LogP contribution in [0.3, 0.4) is 0 Å². The molecule has 24 heavy (non-hydrogen) atoms. The maximum Gasteiger partial charge on any atom is 0.286 e. The Morgan fingerprint density at radius 1 is 1.21 bits per heavy atom. The van der Waals surface area contributed by atoms with E-state index in [4.69, 9.17) is 0 Å². The molecule has 0 saturated carbocycles. The summed E-state index contributed by atoms with van der Waals surface area (Å²) in [6.07, 6.45) is 2.71. The standard InChI is InChI=1S/C17H22N4O2S/c1-3-12(2)18-14(22)10-7-11-15-20-21-17(24-15)16(23)19-13-8-5-4-6-9-13/h4-6,8-9,12H,3,7,10-11H2,1-2H3,(H,18,22)(H,19,23)/t12-/m1/s1. The first-order valence-electron chi connectivity index (χ1n) is 8.06. The number of hydrogen-bond acceptors (Lipinski definition) is 5. The van der Waals surface area contributed by atoms with Crippen molar-refractivity contribution < 1.29 is 9.59 Å². The Labute approximate surface area is 145 Å². The molecule has 1 aromatic heterocycles. The SMILES string of the molecule is CC[C@@H](C)NC(=O)CCCc1nnc(C(=O)Nc2ccccc2)s1. The molecular formula is C17H22N4O2S. The van der Waals surface area contributed by atoms with Crippen molar-refractivity contribution in [1.82, 2.24) is 15.5 Å². The maximum absolute atomic E-state index is 12.1. The number of benzene rings is 1. The summed E-state index contributed by atoms with van der Waals surface area (Å²) in [5, 5.41) is 14.8. The van der Waals surface area contributed by atoms with E-state index in [0.717, 1.165) is 17.1 Å². The summed E-state index contributed by atoms with van der Waals surface area (Å²) in [4.78, 5) is 23.8. The number of carbonyl (C=O) groups is 2. The van der Waals surface area contributed by atoms with Crippen molar-refractivity contribution in [2.45, 2.75) is 45.6 Å². The summed E-state index contributed by atoms with van der Waals surface area (Å²) in [5.41, 5.74) is 0.723. The molecule has 0 saturated heterocycles. The number of hydrogen-bond donors (Lipinski definition) is 2. The van der Waals surface area contributed by atoms with E-state index in [-0.39, 0.29) is 17.9 Å². The van der Waals surface area contributed by atoms with Crippen molar-refractivity contribution in [1.29, 1.82) is 0 Å². The topological polar surface area (TPSA) is 84.0 Å². The second-order valence-electron chi connectivity index (χ2n) is 5.55. The van der Waals surface area contributed by atoms with Gasteiger partial charge in [-0.25, -0.2) is 0 Å². The largest absolute Gasteiger partial charge is 0.354 e. The third-order valence-corrected chi connectivity index (χ3v) is 4.49. The van der Waals surface area contributed by atoms with E-state index < -0.39 is 0 Å². The lowest BCUT2D eigenvalue weighted by molar-refractivity contribution is -0.121. The van der Waals surface area contributed by atoms with E-state index >= 15 is 0 Å². The highest BCUT2D eigenvalue weighted by Crippen LogP contribution is 2.15. The molecule has 0 aliphatic carbocycles. The molecule has 7 heteroatoms. The molecule has 0 fully saturated rings. The van der Waals surface area contributed by atoms with Crippen molar-refractivity contribution in [3.8, 4) is 0 Å². The molecule has 1 atom stereocenters. The highest BCUT2D eigenvalue weighted by atomic mass is 32.1. The van der Waals surface area contributed by atoms with Gasteiger partial charge in [-0.05, 0) is 31.9 Å². The molecule has 128 valence electrons. The van der Waals surface area contributed by atoms with Crippen LogP contribution in [0.1, 0.15) is 47.9 Å². The van der Waals surface area contributed by atoms with Gasteiger partial charge in [-0.2, -0.15) is 0 Å². The van der Waals surface area contributed by atoms with Crippen LogP contribution in [-0.2, 0) is 11.2 Å². The molecule has 0 aliphatic heterocycles. The van der Waals surface area contributed by atoms with Crippen LogP contribution in [0.5, 0.6) is 0 Å². The molecule has 2 N–H and O–H groups in total. The minimum absolute atomic E-state index is 0.0518. The summed E-state index contributed by atoms with van der Waals surface area (Å²) in [7, 11) is 0. The van der Waals surface area contributed by atoms with Crippen molar-refractivity contribution >= 4 is 28.8 Å². The zero-order valence-electron chi connectivity index (χ0n) is 13.9. The molecule has 1 aromatic carbocycles. The van der Waals surface area contributed by atoms with Crippen molar-refractivity contribution in [2.75, 3.05) is 5.32 Å². The fourth-order valence-electron chi connectivity index (χ4n) is 2.00. The van der Waals surface area contributed by atoms with Crippen LogP contribution in [0.25, 0.3) is 0 Å². The number of rotatable bonds is 8. The number of aryl methyl sites for hydroxylation is 1. The Morgan fingerprint density at radius 3 is 2.67 bits per heavy atom. The Hall–Kier alpha value is -2.28. The number of para-hydroxylation sites is 1. The van der Waals surface area contributed by atoms with Crippen molar-refractivity contribution in [2.24, 2.45) is 0 Å². The van der Waals surface area contributed by atoms with Crippen LogP contribution in [0.4, 0.5) is 5.69 Å². The number of nitrogens with zero attached hydrogens (tertiary/aromatic N) is 2. The molecule has 0 radical (unpaired) electrons. The number of nitrogens with one attached hydrogen (secondary N) is 2. The number of aromatic nitrogens is 2. The average Bonchev–Trinajstić information content (AvgIpc) is 3.04. The molecule has 2 aromatic rings. The van der Waals surface area contributed by atoms with Crippen LogP contribution >= 0.6 is 11.3 Å². The van der Waals surface area contributed by atoms with Gasteiger partial charge in [-0.1, -0.05) is 36.5 Å². The zero-order chi connectivity index (χ0) is 17.4. The number of carbonyl (C=O) groups excluding carboxylic acids is 2. The lowest BCUT2D eigenvalue weighted by atomic mass is 10.2. The average molecular weight is 346 g/mol. The van der Waals surface area contributed by atoms with Gasteiger partial charge in [-0.15, -0.1) is 10.2 Å². The van der Waals surface area contributed by atoms with Gasteiger partial charge in [0.2, 0.25) is 10.9 Å². The van der Waals surface area contributed by atoms with Gasteiger partial charge in [0.1, 0.15) is 5.01 Å². The fourth-order valence-corrected chi connectivity index (χ4v) is 2.78. The summed E-state index contributed by atoms with van der Waals surface area (Å²) < 4.78 is 0. The Morgan fingerprint density at radius 2 is 1.96 bits per heavy atom. The van der Waals surface area contributed by atoms with Gasteiger partial charge in [-0.3, -0.25) is 9.59 Å². The fraction of sp³-hybridized carbons (Fsp3) is 0.412. The van der Waals surface area contributed by atoms with Crippen LogP contribution in [0.15, 0.2) is 30.3 Å². The minimum Gasteiger partial charge on any atom is -0.354 e. The Kier molecular flexibility index (Phi) is 6.87. The smallest absolute Gasteiger partial charge is 0.286 e. The monoisotopic (exact) mass is 346 g/mol. The van der Waals surface area contributed by atoms with Crippen molar-refractivity contribution in [3.05, 3.63) is 40.3 Å². The second-order valence-corrected chi connectivity index (χ2v) is 6.61. The van der Waals surface area contributed by atoms with Gasteiger partial charge in [0.25, 0.3) is 5.91 Å². The van der Waals surface area contributed by atoms with Gasteiger partial charge in [0.05, 0.1) is 0 Å². The van der Waals surface area contributed by atoms with Gasteiger partial charge in [0, 0.05) is 24.6 Å². The van der Waals surface area contributed by atoms with Gasteiger partial charge >= 0.3 is 0 Å². The first-order valence-corrected chi connectivity index (χ1v) is 8.88. The molecule has 2 amide bonds. The van der Waals surface area contributed by atoms with E-state index in [1.165, 1.54) is 11.3 Å². The molecule has 0 unspecified atom stereocenters. The molecule has 0 aliphatic rings. The van der Waals surface area contributed by atoms with Crippen LogP contribution in [0, 0.1) is 0 Å². The molecule has 0 bridgehead atoms. The second kappa shape index (κ2) is 9.12. The number of anilines is 1. The first-order chi connectivity index (χ1) is 11.6. The third kappa shape index (κ3) is 5.73. The van der Waals surface area contributed by atoms with Crippen molar-refractivity contribution in [3.63, 3.8) is 0 Å². The predicted octanol–water partition coefficient (Wildman–Crippen LogP) is 3.03. The summed E-state index contributed by atoms with van der Waals surface area (Å²) in [5.74, 6) is -0.213. The highest BCUT2D eigenvalue weighted by molar-refractivity contribution is 7.13. The third-order valence-electron chi connectivity index (χ3n) is 3.51. The minimum atomic E-state index is -0.264. The predicted molar refractivity (Wildman–Crippen MR) is 95.1 cm³/mol. The Balaban J connectivity index is 1.78. The van der Waals surface area contributed by atoms with E-state index in [1.807, 2.05) is 44.2 Å². The molecule has 6 nitrogen and oxygen atoms in total. The zero-order valence-corrected chi connectivity index (χ0v) is 14.7. The van der Waals surface area contributed by atoms with Crippen LogP contribution in [0.2, 0.25) is 0 Å². The van der Waals surface area contributed by atoms with E-state index in [0.29, 0.717) is 24.3 Å². The summed E-state index contributed by atoms with van der Waals surface area (Å²) in [6.45, 7) is 4.02. The van der Waals surface area contributed by atoms with E-state index in [9.17, 15) is 9.59 Å². The van der Waals surface area contributed by atoms with E-state index in [1.54, 1.807) is 0 Å². The molecule has 1 heterocycles. The molecule has 0 spiro atoms. The molecule has 2 rings (SSSR count). The summed E-state index contributed by atoms with van der Waals surface area (Å²) >= 11 is 1.26. The maximum atomic E-state index is 12.1. The van der Waals surface area contributed by atoms with E-state index in [2.05, 4.69) is 20.8 Å².